The van der Waals surface area contributed by atoms with Gasteiger partial charge in [0.05, 0.1) is 7.11 Å². The summed E-state index contributed by atoms with van der Waals surface area (Å²) in [5, 5.41) is 6.76. The van der Waals surface area contributed by atoms with E-state index in [9.17, 15) is 14.4 Å². The molecule has 1 fully saturated rings. The van der Waals surface area contributed by atoms with Crippen molar-refractivity contribution in [1.29, 1.82) is 0 Å². The third-order valence-corrected chi connectivity index (χ3v) is 6.08. The fraction of sp³-hybridized carbons (Fsp3) is 0.320. The minimum absolute atomic E-state index is 0.174. The second kappa shape index (κ2) is 10.2. The Balaban J connectivity index is 1.34. The molecule has 0 spiro atoms. The summed E-state index contributed by atoms with van der Waals surface area (Å²) in [6.07, 6.45) is 3.27. The molecule has 3 N–H and O–H groups in total. The summed E-state index contributed by atoms with van der Waals surface area (Å²) in [6.45, 7) is 0.949. The van der Waals surface area contributed by atoms with Gasteiger partial charge in [-0.1, -0.05) is 36.4 Å². The van der Waals surface area contributed by atoms with Crippen LogP contribution in [0.25, 0.3) is 10.9 Å². The highest BCUT2D eigenvalue weighted by atomic mass is 16.5. The molecule has 2 aromatic carbocycles. The molecular formula is C25H28N4O4. The van der Waals surface area contributed by atoms with Gasteiger partial charge in [-0.25, -0.2) is 9.59 Å². The highest BCUT2D eigenvalue weighted by Crippen LogP contribution is 2.21. The monoisotopic (exact) mass is 448 g/mol. The van der Waals surface area contributed by atoms with Crippen LogP contribution in [0.3, 0.4) is 0 Å². The molecule has 0 saturated carbocycles. The maximum atomic E-state index is 12.9. The van der Waals surface area contributed by atoms with Crippen molar-refractivity contribution in [3.8, 4) is 0 Å². The Hall–Kier alpha value is -3.81. The first-order valence-corrected chi connectivity index (χ1v) is 11.1. The van der Waals surface area contributed by atoms with E-state index in [1.54, 1.807) is 4.90 Å². The Bertz CT molecular complexity index is 1120. The third kappa shape index (κ3) is 5.34. The SMILES string of the molecule is COC(=O)[C@@H](Cc1c[nH]c2ccccc12)NC(=O)C1CCN(C(=O)Nc2ccccc2)CC1. The Morgan fingerprint density at radius 2 is 1.76 bits per heavy atom. The number of carbonyl (C=O) groups is 3. The zero-order valence-electron chi connectivity index (χ0n) is 18.5. The van der Waals surface area contributed by atoms with E-state index in [0.29, 0.717) is 32.4 Å². The van der Waals surface area contributed by atoms with Crippen molar-refractivity contribution in [2.75, 3.05) is 25.5 Å². The van der Waals surface area contributed by atoms with Crippen molar-refractivity contribution in [3.05, 3.63) is 66.4 Å². The fourth-order valence-corrected chi connectivity index (χ4v) is 4.21. The van der Waals surface area contributed by atoms with E-state index >= 15 is 0 Å². The molecule has 0 unspecified atom stereocenters. The van der Waals surface area contributed by atoms with Crippen molar-refractivity contribution in [2.45, 2.75) is 25.3 Å². The summed E-state index contributed by atoms with van der Waals surface area (Å²) in [7, 11) is 1.32. The molecule has 33 heavy (non-hydrogen) atoms. The quantitative estimate of drug-likeness (QED) is 0.503. The van der Waals surface area contributed by atoms with Crippen LogP contribution in [-0.4, -0.2) is 54.0 Å². The van der Waals surface area contributed by atoms with E-state index in [2.05, 4.69) is 15.6 Å². The number of aromatic nitrogens is 1. The highest BCUT2D eigenvalue weighted by molar-refractivity contribution is 5.90. The van der Waals surface area contributed by atoms with E-state index in [0.717, 1.165) is 22.2 Å². The summed E-state index contributed by atoms with van der Waals surface area (Å²) in [6, 6.07) is 16.1. The van der Waals surface area contributed by atoms with Crippen LogP contribution < -0.4 is 10.6 Å². The Kier molecular flexibility index (Phi) is 6.92. The van der Waals surface area contributed by atoms with Gasteiger partial charge in [-0.05, 0) is 36.6 Å². The molecule has 8 heteroatoms. The number of rotatable bonds is 6. The van der Waals surface area contributed by atoms with Gasteiger partial charge in [0.25, 0.3) is 0 Å². The number of para-hydroxylation sites is 2. The molecule has 172 valence electrons. The van der Waals surface area contributed by atoms with E-state index in [4.69, 9.17) is 4.74 Å². The maximum absolute atomic E-state index is 12.9. The number of aromatic amines is 1. The second-order valence-corrected chi connectivity index (χ2v) is 8.21. The van der Waals surface area contributed by atoms with Gasteiger partial charge in [0.15, 0.2) is 0 Å². The summed E-state index contributed by atoms with van der Waals surface area (Å²) in [5.41, 5.74) is 2.65. The van der Waals surface area contributed by atoms with Gasteiger partial charge in [0.1, 0.15) is 6.04 Å². The van der Waals surface area contributed by atoms with Gasteiger partial charge in [0, 0.05) is 48.2 Å². The fourth-order valence-electron chi connectivity index (χ4n) is 4.21. The predicted molar refractivity (Wildman–Crippen MR) is 126 cm³/mol. The van der Waals surface area contributed by atoms with Crippen LogP contribution in [-0.2, 0) is 20.7 Å². The van der Waals surface area contributed by atoms with E-state index < -0.39 is 12.0 Å². The Morgan fingerprint density at radius 3 is 2.48 bits per heavy atom. The third-order valence-electron chi connectivity index (χ3n) is 6.08. The van der Waals surface area contributed by atoms with Gasteiger partial charge in [-0.2, -0.15) is 0 Å². The number of hydrogen-bond donors (Lipinski definition) is 3. The molecule has 1 aromatic heterocycles. The molecule has 1 aliphatic rings. The number of amides is 3. The number of ether oxygens (including phenoxy) is 1. The lowest BCUT2D eigenvalue weighted by atomic mass is 9.95. The van der Waals surface area contributed by atoms with Crippen LogP contribution in [0.5, 0.6) is 0 Å². The summed E-state index contributed by atoms with van der Waals surface area (Å²) in [4.78, 5) is 42.7. The number of carbonyl (C=O) groups excluding carboxylic acids is 3. The lowest BCUT2D eigenvalue weighted by molar-refractivity contribution is -0.145. The second-order valence-electron chi connectivity index (χ2n) is 8.21. The molecule has 0 radical (unpaired) electrons. The summed E-state index contributed by atoms with van der Waals surface area (Å²) in [5.74, 6) is -0.928. The number of fused-ring (bicyclic) bond motifs is 1. The van der Waals surface area contributed by atoms with Crippen LogP contribution in [0.15, 0.2) is 60.8 Å². The molecule has 0 bridgehead atoms. The zero-order valence-corrected chi connectivity index (χ0v) is 18.5. The Labute approximate surface area is 192 Å². The molecule has 3 amide bonds. The number of anilines is 1. The molecule has 2 heterocycles. The molecule has 1 atom stereocenters. The largest absolute Gasteiger partial charge is 0.467 e. The Morgan fingerprint density at radius 1 is 1.06 bits per heavy atom. The number of esters is 1. The molecule has 3 aromatic rings. The molecular weight excluding hydrogens is 420 g/mol. The van der Waals surface area contributed by atoms with Crippen molar-refractivity contribution in [2.24, 2.45) is 5.92 Å². The number of H-pyrrole nitrogens is 1. The number of urea groups is 1. The number of nitrogens with one attached hydrogen (secondary N) is 3. The average molecular weight is 449 g/mol. The number of methoxy groups -OCH3 is 1. The summed E-state index contributed by atoms with van der Waals surface area (Å²) < 4.78 is 4.94. The van der Waals surface area contributed by atoms with E-state index in [1.165, 1.54) is 7.11 Å². The first-order chi connectivity index (χ1) is 16.0. The first kappa shape index (κ1) is 22.4. The van der Waals surface area contributed by atoms with E-state index in [-0.39, 0.29) is 17.9 Å². The summed E-state index contributed by atoms with van der Waals surface area (Å²) >= 11 is 0. The lowest BCUT2D eigenvalue weighted by Gasteiger charge is -2.32. The number of nitrogens with zero attached hydrogens (tertiary/aromatic N) is 1. The van der Waals surface area contributed by atoms with Crippen molar-refractivity contribution >= 4 is 34.5 Å². The van der Waals surface area contributed by atoms with E-state index in [1.807, 2.05) is 60.8 Å². The van der Waals surface area contributed by atoms with Crippen LogP contribution >= 0.6 is 0 Å². The molecule has 4 rings (SSSR count). The van der Waals surface area contributed by atoms with Gasteiger partial charge in [-0.15, -0.1) is 0 Å². The maximum Gasteiger partial charge on any atom is 0.328 e. The standard InChI is InChI=1S/C25H28N4O4/c1-33-24(31)22(15-18-16-26-21-10-6-5-9-20(18)21)28-23(30)17-11-13-29(14-12-17)25(32)27-19-7-3-2-4-8-19/h2-10,16-17,22,26H,11-15H2,1H3,(H,27,32)(H,28,30)/t22-/m1/s1. The number of piperidine rings is 1. The van der Waals surface area contributed by atoms with Gasteiger partial charge in [-0.3, -0.25) is 4.79 Å². The normalized spacial score (nSPS) is 15.1. The van der Waals surface area contributed by atoms with Crippen molar-refractivity contribution < 1.29 is 19.1 Å². The number of hydrogen-bond acceptors (Lipinski definition) is 4. The van der Waals surface area contributed by atoms with Gasteiger partial charge >= 0.3 is 12.0 Å². The van der Waals surface area contributed by atoms with Crippen LogP contribution in [0, 0.1) is 5.92 Å². The predicted octanol–water partition coefficient (Wildman–Crippen LogP) is 3.31. The lowest BCUT2D eigenvalue weighted by Crippen LogP contribution is -2.49. The first-order valence-electron chi connectivity index (χ1n) is 11.1. The minimum atomic E-state index is -0.777. The van der Waals surface area contributed by atoms with Crippen LogP contribution in [0.2, 0.25) is 0 Å². The van der Waals surface area contributed by atoms with Gasteiger partial charge < -0.3 is 25.3 Å². The number of benzene rings is 2. The van der Waals surface area contributed by atoms with Crippen LogP contribution in [0.4, 0.5) is 10.5 Å². The van der Waals surface area contributed by atoms with Crippen LogP contribution in [0.1, 0.15) is 18.4 Å². The average Bonchev–Trinajstić information content (AvgIpc) is 3.26. The minimum Gasteiger partial charge on any atom is -0.467 e. The van der Waals surface area contributed by atoms with Crippen molar-refractivity contribution in [1.82, 2.24) is 15.2 Å². The molecule has 1 aliphatic heterocycles. The van der Waals surface area contributed by atoms with Gasteiger partial charge in [0.2, 0.25) is 5.91 Å². The highest BCUT2D eigenvalue weighted by Gasteiger charge is 2.31. The molecule has 0 aliphatic carbocycles. The van der Waals surface area contributed by atoms with Crippen molar-refractivity contribution in [3.63, 3.8) is 0 Å². The topological polar surface area (TPSA) is 104 Å². The zero-order chi connectivity index (χ0) is 23.2. The number of likely N-dealkylation sites (tertiary alicyclic amines) is 1. The molecule has 8 nitrogen and oxygen atoms in total. The molecule has 1 saturated heterocycles. The smallest absolute Gasteiger partial charge is 0.328 e.